The van der Waals surface area contributed by atoms with Gasteiger partial charge in [0.15, 0.2) is 5.82 Å². The normalized spacial score (nSPS) is 15.0. The van der Waals surface area contributed by atoms with Gasteiger partial charge in [0.05, 0.1) is 12.8 Å². The lowest BCUT2D eigenvalue weighted by Crippen LogP contribution is -2.38. The lowest BCUT2D eigenvalue weighted by atomic mass is 10.1. The molecule has 3 rings (SSSR count). The molecule has 0 radical (unpaired) electrons. The molecule has 2 amide bonds. The predicted octanol–water partition coefficient (Wildman–Crippen LogP) is 1.88. The van der Waals surface area contributed by atoms with Crippen LogP contribution in [0, 0.1) is 6.92 Å². The summed E-state index contributed by atoms with van der Waals surface area (Å²) in [6.07, 6.45) is 1.21. The molecule has 0 unspecified atom stereocenters. The fourth-order valence-electron chi connectivity index (χ4n) is 2.97. The molecular weight excluding hydrogens is 356 g/mol. The standard InChI is InChI=1S/C18H21ClN4O3/c1-13-20-16(21-26-13)12-18(25)23-8-2-7-22(9-10-23)17(24)11-14-3-5-15(19)6-4-14/h3-6H,2,7-12H2,1H3. The van der Waals surface area contributed by atoms with E-state index in [1.807, 2.05) is 17.0 Å². The monoisotopic (exact) mass is 376 g/mol. The average Bonchev–Trinajstić information content (AvgIpc) is 2.87. The number of aryl methyl sites for hydroxylation is 1. The molecule has 26 heavy (non-hydrogen) atoms. The van der Waals surface area contributed by atoms with Crippen LogP contribution in [0.15, 0.2) is 28.8 Å². The van der Waals surface area contributed by atoms with E-state index in [1.165, 1.54) is 0 Å². The topological polar surface area (TPSA) is 79.5 Å². The van der Waals surface area contributed by atoms with Gasteiger partial charge in [0.1, 0.15) is 0 Å². The summed E-state index contributed by atoms with van der Waals surface area (Å²) in [7, 11) is 0. The van der Waals surface area contributed by atoms with Crippen LogP contribution in [0.25, 0.3) is 0 Å². The fraction of sp³-hybridized carbons (Fsp3) is 0.444. The summed E-state index contributed by atoms with van der Waals surface area (Å²) < 4.78 is 4.90. The molecule has 0 atom stereocenters. The predicted molar refractivity (Wildman–Crippen MR) is 95.7 cm³/mol. The van der Waals surface area contributed by atoms with Gasteiger partial charge in [-0.15, -0.1) is 0 Å². The Morgan fingerprint density at radius 2 is 1.65 bits per heavy atom. The van der Waals surface area contributed by atoms with Gasteiger partial charge in [0.25, 0.3) is 0 Å². The maximum Gasteiger partial charge on any atom is 0.230 e. The first-order chi connectivity index (χ1) is 12.5. The molecule has 0 aliphatic carbocycles. The number of aromatic nitrogens is 2. The molecule has 1 aliphatic rings. The molecule has 1 aromatic carbocycles. The van der Waals surface area contributed by atoms with Gasteiger partial charge in [-0.05, 0) is 24.1 Å². The van der Waals surface area contributed by atoms with Crippen molar-refractivity contribution in [1.29, 1.82) is 0 Å². The molecule has 1 fully saturated rings. The third kappa shape index (κ3) is 4.82. The van der Waals surface area contributed by atoms with Gasteiger partial charge in [-0.25, -0.2) is 0 Å². The molecule has 0 N–H and O–H groups in total. The van der Waals surface area contributed by atoms with Crippen LogP contribution < -0.4 is 0 Å². The van der Waals surface area contributed by atoms with Crippen molar-refractivity contribution in [3.05, 3.63) is 46.6 Å². The number of benzene rings is 1. The minimum Gasteiger partial charge on any atom is -0.341 e. The quantitative estimate of drug-likeness (QED) is 0.814. The van der Waals surface area contributed by atoms with Crippen molar-refractivity contribution in [1.82, 2.24) is 19.9 Å². The molecule has 138 valence electrons. The molecular formula is C18H21ClN4O3. The molecule has 8 heteroatoms. The van der Waals surface area contributed by atoms with Gasteiger partial charge in [0.2, 0.25) is 17.7 Å². The highest BCUT2D eigenvalue weighted by molar-refractivity contribution is 6.30. The number of rotatable bonds is 4. The van der Waals surface area contributed by atoms with Crippen LogP contribution >= 0.6 is 11.6 Å². The SMILES string of the molecule is Cc1nc(CC(=O)N2CCCN(C(=O)Cc3ccc(Cl)cc3)CC2)no1. The van der Waals surface area contributed by atoms with Gasteiger partial charge in [0, 0.05) is 38.1 Å². The second-order valence-corrected chi connectivity index (χ2v) is 6.76. The maximum atomic E-state index is 12.5. The lowest BCUT2D eigenvalue weighted by molar-refractivity contribution is -0.132. The van der Waals surface area contributed by atoms with Crippen molar-refractivity contribution in [2.75, 3.05) is 26.2 Å². The third-order valence-corrected chi connectivity index (χ3v) is 4.60. The number of halogens is 1. The fourth-order valence-corrected chi connectivity index (χ4v) is 3.09. The highest BCUT2D eigenvalue weighted by Gasteiger charge is 2.23. The first-order valence-electron chi connectivity index (χ1n) is 8.60. The second-order valence-electron chi connectivity index (χ2n) is 6.32. The Bertz CT molecular complexity index is 775. The van der Waals surface area contributed by atoms with E-state index in [-0.39, 0.29) is 18.2 Å². The number of hydrogen-bond acceptors (Lipinski definition) is 5. The Morgan fingerprint density at radius 1 is 1.04 bits per heavy atom. The Kier molecular flexibility index (Phi) is 5.88. The van der Waals surface area contributed by atoms with Crippen molar-refractivity contribution >= 4 is 23.4 Å². The van der Waals surface area contributed by atoms with Crippen LogP contribution in [-0.4, -0.2) is 57.9 Å². The first-order valence-corrected chi connectivity index (χ1v) is 8.98. The number of amides is 2. The van der Waals surface area contributed by atoms with Crippen LogP contribution in [0.3, 0.4) is 0 Å². The van der Waals surface area contributed by atoms with Crippen LogP contribution in [-0.2, 0) is 22.4 Å². The van der Waals surface area contributed by atoms with Crippen molar-refractivity contribution < 1.29 is 14.1 Å². The van der Waals surface area contributed by atoms with Crippen molar-refractivity contribution in [3.63, 3.8) is 0 Å². The summed E-state index contributed by atoms with van der Waals surface area (Å²) in [5.41, 5.74) is 0.934. The molecule has 0 saturated carbocycles. The van der Waals surface area contributed by atoms with Crippen molar-refractivity contribution in [3.8, 4) is 0 Å². The first kappa shape index (κ1) is 18.4. The minimum atomic E-state index is -0.0437. The van der Waals surface area contributed by atoms with E-state index in [1.54, 1.807) is 24.0 Å². The van der Waals surface area contributed by atoms with Gasteiger partial charge in [-0.3, -0.25) is 9.59 Å². The van der Waals surface area contributed by atoms with E-state index in [2.05, 4.69) is 10.1 Å². The Morgan fingerprint density at radius 3 is 2.23 bits per heavy atom. The average molecular weight is 377 g/mol. The minimum absolute atomic E-state index is 0.0437. The lowest BCUT2D eigenvalue weighted by Gasteiger charge is -2.22. The summed E-state index contributed by atoms with van der Waals surface area (Å²) in [5, 5.41) is 4.42. The van der Waals surface area contributed by atoms with Crippen LogP contribution in [0.1, 0.15) is 23.7 Å². The smallest absolute Gasteiger partial charge is 0.230 e. The van der Waals surface area contributed by atoms with Crippen LogP contribution in [0.4, 0.5) is 0 Å². The molecule has 1 saturated heterocycles. The van der Waals surface area contributed by atoms with Gasteiger partial charge in [-0.2, -0.15) is 4.98 Å². The molecule has 1 aliphatic heterocycles. The van der Waals surface area contributed by atoms with Gasteiger partial charge < -0.3 is 14.3 Å². The van der Waals surface area contributed by atoms with Gasteiger partial charge >= 0.3 is 0 Å². The Hall–Kier alpha value is -2.41. The zero-order valence-corrected chi connectivity index (χ0v) is 15.4. The van der Waals surface area contributed by atoms with Crippen molar-refractivity contribution in [2.24, 2.45) is 0 Å². The zero-order chi connectivity index (χ0) is 18.5. The largest absolute Gasteiger partial charge is 0.341 e. The van der Waals surface area contributed by atoms with Crippen LogP contribution in [0.5, 0.6) is 0 Å². The van der Waals surface area contributed by atoms with E-state index in [4.69, 9.17) is 16.1 Å². The highest BCUT2D eigenvalue weighted by atomic mass is 35.5. The molecule has 1 aromatic heterocycles. The summed E-state index contributed by atoms with van der Waals surface area (Å²) in [6.45, 7) is 4.01. The number of carbonyl (C=O) groups excluding carboxylic acids is 2. The maximum absolute atomic E-state index is 12.5. The summed E-state index contributed by atoms with van der Waals surface area (Å²) in [4.78, 5) is 32.6. The second kappa shape index (κ2) is 8.31. The third-order valence-electron chi connectivity index (χ3n) is 4.35. The van der Waals surface area contributed by atoms with E-state index >= 15 is 0 Å². The van der Waals surface area contributed by atoms with Gasteiger partial charge in [-0.1, -0.05) is 28.9 Å². The summed E-state index contributed by atoms with van der Waals surface area (Å²) >= 11 is 5.88. The number of nitrogens with zero attached hydrogens (tertiary/aromatic N) is 4. The van der Waals surface area contributed by atoms with E-state index < -0.39 is 0 Å². The van der Waals surface area contributed by atoms with E-state index in [0.717, 1.165) is 12.0 Å². The Balaban J connectivity index is 1.53. The molecule has 2 aromatic rings. The zero-order valence-electron chi connectivity index (χ0n) is 14.7. The Labute approximate surface area is 156 Å². The summed E-state index contributed by atoms with van der Waals surface area (Å²) in [6, 6.07) is 7.29. The highest BCUT2D eigenvalue weighted by Crippen LogP contribution is 2.12. The van der Waals surface area contributed by atoms with Crippen molar-refractivity contribution in [2.45, 2.75) is 26.2 Å². The summed E-state index contributed by atoms with van der Waals surface area (Å²) in [5.74, 6) is 0.864. The molecule has 2 heterocycles. The molecule has 0 bridgehead atoms. The van der Waals surface area contributed by atoms with E-state index in [9.17, 15) is 9.59 Å². The number of hydrogen-bond donors (Lipinski definition) is 0. The molecule has 7 nitrogen and oxygen atoms in total. The number of carbonyl (C=O) groups is 2. The van der Waals surface area contributed by atoms with Crippen LogP contribution in [0.2, 0.25) is 5.02 Å². The van der Waals surface area contributed by atoms with E-state index in [0.29, 0.717) is 49.3 Å². The molecule has 0 spiro atoms.